The van der Waals surface area contributed by atoms with E-state index in [1.807, 2.05) is 13.1 Å². The molecule has 5 heteroatoms. The van der Waals surface area contributed by atoms with Gasteiger partial charge in [0, 0.05) is 38.7 Å². The molecule has 1 aliphatic heterocycles. The fourth-order valence-electron chi connectivity index (χ4n) is 4.13. The molecule has 1 atom stereocenters. The Morgan fingerprint density at radius 1 is 1.25 bits per heavy atom. The van der Waals surface area contributed by atoms with Gasteiger partial charge in [0.05, 0.1) is 7.11 Å². The Labute approximate surface area is 167 Å². The highest BCUT2D eigenvalue weighted by molar-refractivity contribution is 6.05. The lowest BCUT2D eigenvalue weighted by Gasteiger charge is -2.33. The quantitative estimate of drug-likeness (QED) is 0.747. The standard InChI is InChI=1S/C23H31N3O2/c1-24-22(27)7-5-13-26-12-4-6-20(16-26)23(25-2)19-9-8-18-15-21(28-3)11-10-17(18)14-19/h8-11,14-15,20H,4-7,12-13,16H2,1-3H3,(H,24,27). The smallest absolute Gasteiger partial charge is 0.219 e. The molecule has 1 unspecified atom stereocenters. The molecule has 0 bridgehead atoms. The normalized spacial score (nSPS) is 18.2. The number of nitrogens with zero attached hydrogens (tertiary/aromatic N) is 2. The van der Waals surface area contributed by atoms with Gasteiger partial charge in [-0.2, -0.15) is 0 Å². The van der Waals surface area contributed by atoms with Crippen LogP contribution in [0.25, 0.3) is 10.8 Å². The first-order chi connectivity index (χ1) is 13.6. The third-order valence-corrected chi connectivity index (χ3v) is 5.63. The zero-order valence-corrected chi connectivity index (χ0v) is 17.2. The van der Waals surface area contributed by atoms with E-state index in [-0.39, 0.29) is 5.91 Å². The average Bonchev–Trinajstić information content (AvgIpc) is 2.74. The highest BCUT2D eigenvalue weighted by Gasteiger charge is 2.24. The molecule has 2 aromatic rings. The van der Waals surface area contributed by atoms with Gasteiger partial charge in [0.15, 0.2) is 0 Å². The summed E-state index contributed by atoms with van der Waals surface area (Å²) in [5.41, 5.74) is 2.39. The number of amides is 1. The molecule has 0 radical (unpaired) electrons. The van der Waals surface area contributed by atoms with Gasteiger partial charge >= 0.3 is 0 Å². The van der Waals surface area contributed by atoms with Crippen LogP contribution in [0.1, 0.15) is 31.2 Å². The number of piperidine rings is 1. The lowest BCUT2D eigenvalue weighted by Crippen LogP contribution is -2.39. The number of likely N-dealkylation sites (tertiary alicyclic amines) is 1. The number of aliphatic imine (C=N–C) groups is 1. The first-order valence-electron chi connectivity index (χ1n) is 10.1. The first-order valence-corrected chi connectivity index (χ1v) is 10.1. The molecule has 0 spiro atoms. The van der Waals surface area contributed by atoms with Gasteiger partial charge < -0.3 is 15.0 Å². The highest BCUT2D eigenvalue weighted by Crippen LogP contribution is 2.26. The van der Waals surface area contributed by atoms with Gasteiger partial charge in [0.25, 0.3) is 0 Å². The van der Waals surface area contributed by atoms with Crippen molar-refractivity contribution in [1.29, 1.82) is 0 Å². The molecule has 1 N–H and O–H groups in total. The van der Waals surface area contributed by atoms with Crippen LogP contribution in [0.3, 0.4) is 0 Å². The molecular formula is C23H31N3O2. The van der Waals surface area contributed by atoms with E-state index in [0.29, 0.717) is 12.3 Å². The van der Waals surface area contributed by atoms with Crippen molar-refractivity contribution in [3.63, 3.8) is 0 Å². The van der Waals surface area contributed by atoms with Crippen LogP contribution >= 0.6 is 0 Å². The minimum atomic E-state index is 0.122. The Hall–Kier alpha value is -2.40. The van der Waals surface area contributed by atoms with Gasteiger partial charge in [-0.25, -0.2) is 0 Å². The number of nitrogens with one attached hydrogen (secondary N) is 1. The monoisotopic (exact) mass is 381 g/mol. The third kappa shape index (κ3) is 4.90. The summed E-state index contributed by atoms with van der Waals surface area (Å²) in [7, 11) is 5.29. The first kappa shape index (κ1) is 20.3. The predicted molar refractivity (Wildman–Crippen MR) is 115 cm³/mol. The summed E-state index contributed by atoms with van der Waals surface area (Å²) in [5, 5.41) is 5.08. The van der Waals surface area contributed by atoms with E-state index >= 15 is 0 Å². The van der Waals surface area contributed by atoms with Crippen LogP contribution in [0, 0.1) is 5.92 Å². The molecule has 2 aromatic carbocycles. The number of rotatable bonds is 7. The van der Waals surface area contributed by atoms with Crippen molar-refractivity contribution in [1.82, 2.24) is 10.2 Å². The number of hydrogen-bond donors (Lipinski definition) is 1. The largest absolute Gasteiger partial charge is 0.497 e. The molecule has 1 saturated heterocycles. The van der Waals surface area contributed by atoms with Crippen LogP contribution in [0.5, 0.6) is 5.75 Å². The Morgan fingerprint density at radius 3 is 2.79 bits per heavy atom. The zero-order valence-electron chi connectivity index (χ0n) is 17.2. The van der Waals surface area contributed by atoms with Crippen LogP contribution < -0.4 is 10.1 Å². The van der Waals surface area contributed by atoms with Crippen LogP contribution in [-0.4, -0.2) is 57.4 Å². The molecular weight excluding hydrogens is 350 g/mol. The molecule has 28 heavy (non-hydrogen) atoms. The molecule has 1 heterocycles. The SMILES string of the molecule is CN=C(c1ccc2cc(OC)ccc2c1)C1CCCN(CCCC(=O)NC)C1. The maximum Gasteiger partial charge on any atom is 0.219 e. The summed E-state index contributed by atoms with van der Waals surface area (Å²) in [4.78, 5) is 18.6. The van der Waals surface area contributed by atoms with E-state index < -0.39 is 0 Å². The number of carbonyl (C=O) groups is 1. The van der Waals surface area contributed by atoms with Crippen LogP contribution in [0.15, 0.2) is 41.4 Å². The molecule has 0 aromatic heterocycles. The van der Waals surface area contributed by atoms with Crippen molar-refractivity contribution in [2.24, 2.45) is 10.9 Å². The Kier molecular flexibility index (Phi) is 7.04. The minimum Gasteiger partial charge on any atom is -0.497 e. The molecule has 1 fully saturated rings. The molecule has 5 nitrogen and oxygen atoms in total. The van der Waals surface area contributed by atoms with Gasteiger partial charge in [-0.05, 0) is 66.9 Å². The Morgan fingerprint density at radius 2 is 2.04 bits per heavy atom. The van der Waals surface area contributed by atoms with E-state index in [4.69, 9.17) is 4.74 Å². The second-order valence-corrected chi connectivity index (χ2v) is 7.45. The number of hydrogen-bond acceptors (Lipinski definition) is 4. The number of methoxy groups -OCH3 is 1. The van der Waals surface area contributed by atoms with Crippen molar-refractivity contribution >= 4 is 22.4 Å². The lowest BCUT2D eigenvalue weighted by atomic mass is 9.88. The fourth-order valence-corrected chi connectivity index (χ4v) is 4.13. The molecule has 1 aliphatic rings. The predicted octanol–water partition coefficient (Wildman–Crippen LogP) is 3.51. The van der Waals surface area contributed by atoms with Crippen molar-refractivity contribution in [2.75, 3.05) is 40.8 Å². The van der Waals surface area contributed by atoms with Crippen molar-refractivity contribution in [3.8, 4) is 5.75 Å². The summed E-state index contributed by atoms with van der Waals surface area (Å²) < 4.78 is 5.33. The van der Waals surface area contributed by atoms with Crippen molar-refractivity contribution < 1.29 is 9.53 Å². The van der Waals surface area contributed by atoms with Crippen molar-refractivity contribution in [3.05, 3.63) is 42.0 Å². The lowest BCUT2D eigenvalue weighted by molar-refractivity contribution is -0.120. The van der Waals surface area contributed by atoms with E-state index in [1.54, 1.807) is 14.2 Å². The van der Waals surface area contributed by atoms with E-state index in [1.165, 1.54) is 34.9 Å². The summed E-state index contributed by atoms with van der Waals surface area (Å²) >= 11 is 0. The second kappa shape index (κ2) is 9.69. The Balaban J connectivity index is 1.70. The molecule has 150 valence electrons. The van der Waals surface area contributed by atoms with Gasteiger partial charge in [-0.1, -0.05) is 18.2 Å². The topological polar surface area (TPSA) is 53.9 Å². The second-order valence-electron chi connectivity index (χ2n) is 7.45. The van der Waals surface area contributed by atoms with Gasteiger partial charge in [-0.3, -0.25) is 9.79 Å². The summed E-state index contributed by atoms with van der Waals surface area (Å²) in [6, 6.07) is 12.7. The van der Waals surface area contributed by atoms with E-state index in [2.05, 4.69) is 45.5 Å². The van der Waals surface area contributed by atoms with Gasteiger partial charge in [0.2, 0.25) is 5.91 Å². The average molecular weight is 382 g/mol. The minimum absolute atomic E-state index is 0.122. The number of fused-ring (bicyclic) bond motifs is 1. The Bertz CT molecular complexity index is 847. The number of carbonyl (C=O) groups excluding carboxylic acids is 1. The maximum atomic E-state index is 11.4. The molecule has 0 aliphatic carbocycles. The van der Waals surface area contributed by atoms with Gasteiger partial charge in [-0.15, -0.1) is 0 Å². The van der Waals surface area contributed by atoms with E-state index in [0.717, 1.165) is 31.8 Å². The van der Waals surface area contributed by atoms with Crippen molar-refractivity contribution in [2.45, 2.75) is 25.7 Å². The third-order valence-electron chi connectivity index (χ3n) is 5.63. The molecule has 0 saturated carbocycles. The number of ether oxygens (including phenoxy) is 1. The van der Waals surface area contributed by atoms with Gasteiger partial charge in [0.1, 0.15) is 5.75 Å². The summed E-state index contributed by atoms with van der Waals surface area (Å²) in [6.45, 7) is 3.10. The zero-order chi connectivity index (χ0) is 19.9. The highest BCUT2D eigenvalue weighted by atomic mass is 16.5. The fraction of sp³-hybridized carbons (Fsp3) is 0.478. The maximum absolute atomic E-state index is 11.4. The van der Waals surface area contributed by atoms with Crippen LogP contribution in [-0.2, 0) is 4.79 Å². The summed E-state index contributed by atoms with van der Waals surface area (Å²) in [5.74, 6) is 1.44. The number of benzene rings is 2. The molecule has 1 amide bonds. The summed E-state index contributed by atoms with van der Waals surface area (Å²) in [6.07, 6.45) is 3.84. The van der Waals surface area contributed by atoms with Crippen LogP contribution in [0.4, 0.5) is 0 Å². The molecule has 3 rings (SSSR count). The van der Waals surface area contributed by atoms with Crippen LogP contribution in [0.2, 0.25) is 0 Å². The van der Waals surface area contributed by atoms with E-state index in [9.17, 15) is 4.79 Å².